The van der Waals surface area contributed by atoms with E-state index < -0.39 is 0 Å². The number of hydrogen-bond acceptors (Lipinski definition) is 5. The Labute approximate surface area is 173 Å². The van der Waals surface area contributed by atoms with Crippen molar-refractivity contribution < 1.29 is 4.79 Å². The number of fused-ring (bicyclic) bond motifs is 2. The maximum Gasteiger partial charge on any atom is 0.272 e. The smallest absolute Gasteiger partial charge is 0.272 e. The van der Waals surface area contributed by atoms with Gasteiger partial charge in [-0.15, -0.1) is 0 Å². The van der Waals surface area contributed by atoms with Crippen molar-refractivity contribution in [2.45, 2.75) is 13.8 Å². The Hall–Kier alpha value is -4.13. The van der Waals surface area contributed by atoms with Crippen molar-refractivity contribution >= 4 is 39.1 Å². The van der Waals surface area contributed by atoms with Crippen molar-refractivity contribution in [2.75, 3.05) is 5.32 Å². The van der Waals surface area contributed by atoms with Crippen LogP contribution in [0.4, 0.5) is 5.69 Å². The van der Waals surface area contributed by atoms with E-state index in [0.717, 1.165) is 38.8 Å². The normalized spacial score (nSPS) is 11.6. The summed E-state index contributed by atoms with van der Waals surface area (Å²) < 4.78 is 0. The van der Waals surface area contributed by atoms with Gasteiger partial charge in [-0.3, -0.25) is 15.2 Å². The number of anilines is 1. The number of nitrogens with two attached hydrogens (primary N) is 1. The molecule has 2 heterocycles. The number of rotatable bonds is 5. The van der Waals surface area contributed by atoms with E-state index in [1.807, 2.05) is 68.4 Å². The molecule has 0 spiro atoms. The Morgan fingerprint density at radius 1 is 1.10 bits per heavy atom. The highest BCUT2D eigenvalue weighted by Gasteiger charge is 2.11. The van der Waals surface area contributed by atoms with Crippen molar-refractivity contribution in [1.82, 2.24) is 15.4 Å². The van der Waals surface area contributed by atoms with Crippen molar-refractivity contribution in [3.63, 3.8) is 0 Å². The third kappa shape index (κ3) is 4.00. The molecule has 0 radical (unpaired) electrons. The molecule has 0 aliphatic heterocycles. The van der Waals surface area contributed by atoms with Crippen LogP contribution in [0.25, 0.3) is 21.8 Å². The number of amides is 1. The van der Waals surface area contributed by atoms with Gasteiger partial charge in [0, 0.05) is 27.7 Å². The number of nitrogens with zero attached hydrogens (tertiary/aromatic N) is 2. The first-order chi connectivity index (χ1) is 14.4. The van der Waals surface area contributed by atoms with E-state index in [-0.39, 0.29) is 11.7 Å². The molecule has 0 fully saturated rings. The second-order valence-corrected chi connectivity index (χ2v) is 7.13. The monoisotopic (exact) mass is 398 g/mol. The molecule has 150 valence electrons. The van der Waals surface area contributed by atoms with Crippen LogP contribution < -0.4 is 16.5 Å². The van der Waals surface area contributed by atoms with Gasteiger partial charge >= 0.3 is 0 Å². The predicted octanol–water partition coefficient (Wildman–Crippen LogP) is 4.02. The molecule has 1 amide bonds. The zero-order valence-corrected chi connectivity index (χ0v) is 16.8. The van der Waals surface area contributed by atoms with Gasteiger partial charge in [0.25, 0.3) is 5.91 Å². The van der Waals surface area contributed by atoms with Crippen LogP contribution in [0, 0.1) is 6.92 Å². The molecule has 0 aliphatic carbocycles. The fraction of sp³-hybridized carbons (Fsp3) is 0.0870. The van der Waals surface area contributed by atoms with Crippen LogP contribution in [-0.2, 0) is 0 Å². The number of hydrogen-bond donors (Lipinski definition) is 4. The molecule has 4 rings (SSSR count). The van der Waals surface area contributed by atoms with Crippen molar-refractivity contribution in [2.24, 2.45) is 10.8 Å². The standard InChI is InChI=1S/C23H22N6O/c1-13-4-5-17-11-19(7-9-20(17)25-13)26-23(30)22-12-18-10-16(6-8-21(18)27-22)14(2)28-29-15(3)24/h4-12,27,29H,3,24H2,1-2H3,(H,26,30)/b28-14-. The number of H-pyrrole nitrogens is 1. The number of aryl methyl sites for hydroxylation is 1. The molecule has 30 heavy (non-hydrogen) atoms. The van der Waals surface area contributed by atoms with Gasteiger partial charge in [-0.1, -0.05) is 18.7 Å². The Kier molecular flexibility index (Phi) is 4.93. The molecular formula is C23H22N6O. The quantitative estimate of drug-likeness (QED) is 0.301. The number of nitrogens with one attached hydrogen (secondary N) is 3. The fourth-order valence-electron chi connectivity index (χ4n) is 3.20. The van der Waals surface area contributed by atoms with Crippen LogP contribution in [0.2, 0.25) is 0 Å². The molecule has 4 aromatic rings. The summed E-state index contributed by atoms with van der Waals surface area (Å²) in [5.41, 5.74) is 13.7. The number of aromatic nitrogens is 2. The van der Waals surface area contributed by atoms with Gasteiger partial charge in [-0.05, 0) is 61.9 Å². The molecule has 0 unspecified atom stereocenters. The zero-order chi connectivity index (χ0) is 21.3. The molecular weight excluding hydrogens is 376 g/mol. The Morgan fingerprint density at radius 3 is 2.73 bits per heavy atom. The van der Waals surface area contributed by atoms with Gasteiger partial charge in [0.1, 0.15) is 11.5 Å². The van der Waals surface area contributed by atoms with Gasteiger partial charge in [0.05, 0.1) is 11.2 Å². The first-order valence-electron chi connectivity index (χ1n) is 9.45. The van der Waals surface area contributed by atoms with E-state index in [1.165, 1.54) is 0 Å². The summed E-state index contributed by atoms with van der Waals surface area (Å²) in [5, 5.41) is 9.01. The molecule has 2 aromatic carbocycles. The molecule has 2 aromatic heterocycles. The summed E-state index contributed by atoms with van der Waals surface area (Å²) in [6, 6.07) is 17.3. The Balaban J connectivity index is 1.57. The minimum Gasteiger partial charge on any atom is -0.385 e. The van der Waals surface area contributed by atoms with Crippen LogP contribution in [0.1, 0.15) is 28.7 Å². The fourth-order valence-corrected chi connectivity index (χ4v) is 3.20. The minimum atomic E-state index is -0.210. The predicted molar refractivity (Wildman–Crippen MR) is 121 cm³/mol. The first-order valence-corrected chi connectivity index (χ1v) is 9.45. The van der Waals surface area contributed by atoms with Gasteiger partial charge in [-0.2, -0.15) is 5.10 Å². The van der Waals surface area contributed by atoms with Gasteiger partial charge in [0.15, 0.2) is 0 Å². The van der Waals surface area contributed by atoms with Gasteiger partial charge < -0.3 is 16.0 Å². The lowest BCUT2D eigenvalue weighted by Crippen LogP contribution is -2.14. The third-order valence-corrected chi connectivity index (χ3v) is 4.74. The summed E-state index contributed by atoms with van der Waals surface area (Å²) >= 11 is 0. The average molecular weight is 398 g/mol. The second kappa shape index (κ2) is 7.71. The number of hydrazone groups is 1. The van der Waals surface area contributed by atoms with Crippen molar-refractivity contribution in [3.05, 3.63) is 83.9 Å². The van der Waals surface area contributed by atoms with Crippen LogP contribution >= 0.6 is 0 Å². The Bertz CT molecular complexity index is 1320. The number of carbonyl (C=O) groups excluding carboxylic acids is 1. The summed E-state index contributed by atoms with van der Waals surface area (Å²) in [6.45, 7) is 7.38. The van der Waals surface area contributed by atoms with E-state index >= 15 is 0 Å². The minimum absolute atomic E-state index is 0.210. The number of pyridine rings is 1. The van der Waals surface area contributed by atoms with Gasteiger partial charge in [0.2, 0.25) is 0 Å². The SMILES string of the molecule is C=C(N)N/N=C(/C)c1ccc2[nH]c(C(=O)Nc3ccc4nc(C)ccc4c3)cc2c1. The maximum absolute atomic E-state index is 12.8. The zero-order valence-electron chi connectivity index (χ0n) is 16.8. The van der Waals surface area contributed by atoms with E-state index in [2.05, 4.69) is 32.4 Å². The second-order valence-electron chi connectivity index (χ2n) is 7.13. The molecule has 5 N–H and O–H groups in total. The highest BCUT2D eigenvalue weighted by molar-refractivity contribution is 6.08. The number of carbonyl (C=O) groups is 1. The van der Waals surface area contributed by atoms with Crippen LogP contribution in [0.15, 0.2) is 72.1 Å². The van der Waals surface area contributed by atoms with Crippen LogP contribution in [0.5, 0.6) is 0 Å². The first kappa shape index (κ1) is 19.2. The lowest BCUT2D eigenvalue weighted by molar-refractivity contribution is 0.102. The molecule has 0 saturated carbocycles. The lowest BCUT2D eigenvalue weighted by Gasteiger charge is -2.05. The van der Waals surface area contributed by atoms with E-state index in [9.17, 15) is 4.79 Å². The summed E-state index contributed by atoms with van der Waals surface area (Å²) in [5.74, 6) is 0.0642. The highest BCUT2D eigenvalue weighted by atomic mass is 16.1. The Morgan fingerprint density at radius 2 is 1.93 bits per heavy atom. The summed E-state index contributed by atoms with van der Waals surface area (Å²) in [4.78, 5) is 20.4. The largest absolute Gasteiger partial charge is 0.385 e. The third-order valence-electron chi connectivity index (χ3n) is 4.74. The van der Waals surface area contributed by atoms with Crippen LogP contribution in [-0.4, -0.2) is 21.6 Å². The molecule has 0 bridgehead atoms. The molecule has 7 heteroatoms. The van der Waals surface area contributed by atoms with E-state index in [0.29, 0.717) is 11.4 Å². The molecule has 0 saturated heterocycles. The topological polar surface area (TPSA) is 108 Å². The molecule has 7 nitrogen and oxygen atoms in total. The summed E-state index contributed by atoms with van der Waals surface area (Å²) in [6.07, 6.45) is 0. The van der Waals surface area contributed by atoms with Crippen molar-refractivity contribution in [3.8, 4) is 0 Å². The maximum atomic E-state index is 12.8. The number of aromatic amines is 1. The average Bonchev–Trinajstić information content (AvgIpc) is 3.15. The van der Waals surface area contributed by atoms with Crippen LogP contribution in [0.3, 0.4) is 0 Å². The summed E-state index contributed by atoms with van der Waals surface area (Å²) in [7, 11) is 0. The lowest BCUT2D eigenvalue weighted by atomic mass is 10.1. The van der Waals surface area contributed by atoms with E-state index in [1.54, 1.807) is 0 Å². The number of benzene rings is 2. The van der Waals surface area contributed by atoms with Crippen molar-refractivity contribution in [1.29, 1.82) is 0 Å². The highest BCUT2D eigenvalue weighted by Crippen LogP contribution is 2.21. The van der Waals surface area contributed by atoms with E-state index in [4.69, 9.17) is 5.73 Å². The molecule has 0 atom stereocenters. The van der Waals surface area contributed by atoms with Gasteiger partial charge in [-0.25, -0.2) is 0 Å². The molecule has 0 aliphatic rings.